The summed E-state index contributed by atoms with van der Waals surface area (Å²) in [5, 5.41) is 1.79. The van der Waals surface area contributed by atoms with Crippen LogP contribution < -0.4 is 15.8 Å². The number of pyridine rings is 2. The summed E-state index contributed by atoms with van der Waals surface area (Å²) in [6, 6.07) is 4.54. The second kappa shape index (κ2) is 9.99. The maximum atomic E-state index is 15.2. The second-order valence-electron chi connectivity index (χ2n) is 9.92. The molecule has 0 aromatic carbocycles. The molecule has 0 aliphatic carbocycles. The van der Waals surface area contributed by atoms with Gasteiger partial charge in [-0.2, -0.15) is 8.78 Å². The molecule has 2 aliphatic rings. The number of hydrogen-bond acceptors (Lipinski definition) is 8. The maximum absolute atomic E-state index is 15.2. The molecule has 4 rings (SSSR count). The van der Waals surface area contributed by atoms with Gasteiger partial charge < -0.3 is 15.8 Å². The first kappa shape index (κ1) is 28.6. The summed E-state index contributed by atoms with van der Waals surface area (Å²) in [4.78, 5) is 25.4. The first-order valence-electron chi connectivity index (χ1n) is 11.9. The number of anilines is 1. The van der Waals surface area contributed by atoms with E-state index in [1.165, 1.54) is 6.07 Å². The summed E-state index contributed by atoms with van der Waals surface area (Å²) in [6.07, 6.45) is -1.89. The molecule has 0 unspecified atom stereocenters. The van der Waals surface area contributed by atoms with Gasteiger partial charge >= 0.3 is 12.3 Å². The molecule has 2 aromatic rings. The number of nitrogens with zero attached hydrogens (tertiary/aromatic N) is 4. The van der Waals surface area contributed by atoms with Crippen molar-refractivity contribution in [3.8, 4) is 5.75 Å². The van der Waals surface area contributed by atoms with E-state index < -0.39 is 55.9 Å². The number of aliphatic imine (C=N–C) groups is 1. The van der Waals surface area contributed by atoms with E-state index >= 15 is 4.39 Å². The van der Waals surface area contributed by atoms with Crippen molar-refractivity contribution in [1.29, 1.82) is 0 Å². The quantitative estimate of drug-likeness (QED) is 0.478. The number of ether oxygens (including phenoxy) is 1. The largest absolute Gasteiger partial charge is 0.485 e. The van der Waals surface area contributed by atoms with E-state index in [4.69, 9.17) is 5.73 Å². The number of nitrogens with two attached hydrogens (primary N) is 1. The van der Waals surface area contributed by atoms with Crippen LogP contribution in [0.4, 0.5) is 27.8 Å². The van der Waals surface area contributed by atoms with Crippen LogP contribution in [0, 0.1) is 5.82 Å². The summed E-state index contributed by atoms with van der Waals surface area (Å²) in [6.45, 7) is 3.81. The van der Waals surface area contributed by atoms with Crippen molar-refractivity contribution in [3.05, 3.63) is 47.7 Å². The smallest absolute Gasteiger partial charge is 0.340 e. The van der Waals surface area contributed by atoms with Crippen LogP contribution in [-0.2, 0) is 15.3 Å². The van der Waals surface area contributed by atoms with Gasteiger partial charge in [0.2, 0.25) is 0 Å². The zero-order chi connectivity index (χ0) is 28.8. The standard InChI is InChI=1S/C24H27F5N6O3S/c1-22(2)21(30)35-23(3,16-5-4-10-32-39(16,22)37)18-14(25)7-9-17(33-18)34-19(36)15-8-6-13(11-31-15)38-12-24(28,29)20(26)27/h6-9,11,16,20H,4-5,10,12H2,1-3H3,(H2,30,35)(H,33,34,36)/t16-,23-,39+/m0/s1. The fourth-order valence-electron chi connectivity index (χ4n) is 4.54. The van der Waals surface area contributed by atoms with E-state index in [-0.39, 0.29) is 28.8 Å². The molecule has 2 aromatic heterocycles. The van der Waals surface area contributed by atoms with Gasteiger partial charge in [-0.15, -0.1) is 0 Å². The topological polar surface area (TPSA) is 132 Å². The highest BCUT2D eigenvalue weighted by atomic mass is 32.2. The minimum Gasteiger partial charge on any atom is -0.485 e. The molecule has 2 aliphatic heterocycles. The third kappa shape index (κ3) is 5.03. The molecule has 15 heteroatoms. The van der Waals surface area contributed by atoms with Crippen molar-refractivity contribution in [2.24, 2.45) is 15.1 Å². The molecule has 0 radical (unpaired) electrons. The normalized spacial score (nSPS) is 26.3. The Labute approximate surface area is 221 Å². The fraction of sp³-hybridized carbons (Fsp3) is 0.500. The van der Waals surface area contributed by atoms with E-state index in [0.717, 1.165) is 24.4 Å². The molecular formula is C24H27F5N6O3S. The van der Waals surface area contributed by atoms with Crippen molar-refractivity contribution >= 4 is 27.3 Å². The van der Waals surface area contributed by atoms with Gasteiger partial charge in [0.05, 0.1) is 21.2 Å². The molecule has 0 bridgehead atoms. The number of nitrogens with one attached hydrogen (secondary N) is 1. The zero-order valence-electron chi connectivity index (χ0n) is 21.3. The van der Waals surface area contributed by atoms with Gasteiger partial charge in [-0.05, 0) is 57.9 Å². The Morgan fingerprint density at radius 3 is 2.62 bits per heavy atom. The van der Waals surface area contributed by atoms with Crippen LogP contribution in [0.25, 0.3) is 0 Å². The molecule has 1 amide bonds. The van der Waals surface area contributed by atoms with Crippen LogP contribution in [0.3, 0.4) is 0 Å². The summed E-state index contributed by atoms with van der Waals surface area (Å²) in [5.41, 5.74) is 4.46. The van der Waals surface area contributed by atoms with Crippen LogP contribution in [0.1, 0.15) is 49.8 Å². The van der Waals surface area contributed by atoms with Crippen molar-refractivity contribution in [2.75, 3.05) is 18.5 Å². The average molecular weight is 575 g/mol. The Bertz CT molecular complexity index is 1430. The van der Waals surface area contributed by atoms with Crippen LogP contribution in [0.2, 0.25) is 0 Å². The Morgan fingerprint density at radius 1 is 1.26 bits per heavy atom. The predicted octanol–water partition coefficient (Wildman–Crippen LogP) is 4.14. The number of halogens is 5. The number of hydrogen-bond donors (Lipinski definition) is 2. The molecule has 3 N–H and O–H groups in total. The molecule has 4 heterocycles. The highest BCUT2D eigenvalue weighted by molar-refractivity contribution is 7.96. The second-order valence-corrected chi connectivity index (χ2v) is 12.9. The van der Waals surface area contributed by atoms with E-state index in [1.54, 1.807) is 20.8 Å². The molecule has 0 spiro atoms. The van der Waals surface area contributed by atoms with Gasteiger partial charge in [0.1, 0.15) is 44.9 Å². The minimum atomic E-state index is -4.35. The number of carbonyl (C=O) groups excluding carboxylic acids is 1. The highest BCUT2D eigenvalue weighted by Crippen LogP contribution is 2.47. The monoisotopic (exact) mass is 574 g/mol. The lowest BCUT2D eigenvalue weighted by molar-refractivity contribution is -0.148. The molecule has 3 atom stereocenters. The van der Waals surface area contributed by atoms with E-state index in [2.05, 4.69) is 29.4 Å². The Morgan fingerprint density at radius 2 is 1.97 bits per heavy atom. The van der Waals surface area contributed by atoms with Crippen LogP contribution in [0.15, 0.2) is 39.8 Å². The zero-order valence-corrected chi connectivity index (χ0v) is 22.1. The minimum absolute atomic E-state index is 0.0605. The average Bonchev–Trinajstić information content (AvgIpc) is 2.88. The Hall–Kier alpha value is -3.36. The number of fused-ring (bicyclic) bond motifs is 1. The van der Waals surface area contributed by atoms with Gasteiger partial charge in [0, 0.05) is 6.54 Å². The van der Waals surface area contributed by atoms with Gasteiger partial charge in [-0.25, -0.2) is 31.7 Å². The van der Waals surface area contributed by atoms with Gasteiger partial charge in [0.25, 0.3) is 5.91 Å². The summed E-state index contributed by atoms with van der Waals surface area (Å²) in [7, 11) is -2.97. The fourth-order valence-corrected chi connectivity index (χ4v) is 7.77. The third-order valence-corrected chi connectivity index (χ3v) is 10.6. The van der Waals surface area contributed by atoms with Crippen molar-refractivity contribution in [2.45, 2.75) is 61.5 Å². The Kier molecular flexibility index (Phi) is 7.34. The lowest BCUT2D eigenvalue weighted by atomic mass is 9.89. The van der Waals surface area contributed by atoms with Crippen LogP contribution >= 0.6 is 0 Å². The lowest BCUT2D eigenvalue weighted by Crippen LogP contribution is -2.60. The van der Waals surface area contributed by atoms with E-state index in [0.29, 0.717) is 19.4 Å². The first-order chi connectivity index (χ1) is 18.1. The number of aromatic nitrogens is 2. The van der Waals surface area contributed by atoms with E-state index in [9.17, 15) is 26.6 Å². The first-order valence-corrected chi connectivity index (χ1v) is 13.5. The summed E-state index contributed by atoms with van der Waals surface area (Å²) in [5.74, 6) is -6.11. The molecular weight excluding hydrogens is 547 g/mol. The lowest BCUT2D eigenvalue weighted by Gasteiger charge is -2.47. The maximum Gasteiger partial charge on any atom is 0.340 e. The highest BCUT2D eigenvalue weighted by Gasteiger charge is 2.56. The number of alkyl halides is 4. The van der Waals surface area contributed by atoms with Gasteiger partial charge in [-0.3, -0.25) is 9.79 Å². The van der Waals surface area contributed by atoms with Gasteiger partial charge in [0.15, 0.2) is 6.61 Å². The molecule has 39 heavy (non-hydrogen) atoms. The molecule has 212 valence electrons. The number of carbonyl (C=O) groups is 1. The molecule has 9 nitrogen and oxygen atoms in total. The molecule has 0 saturated heterocycles. The summed E-state index contributed by atoms with van der Waals surface area (Å²) >= 11 is 0. The SMILES string of the molecule is CC1(C)C(N)=N[C@](C)(c2nc(NC(=O)c3ccc(OCC(F)(F)C(F)F)cn3)ccc2F)[C@@H]2CCCN=[S@@]21=O. The number of amides is 1. The third-order valence-electron chi connectivity index (χ3n) is 6.91. The molecule has 0 saturated carbocycles. The predicted molar refractivity (Wildman–Crippen MR) is 134 cm³/mol. The van der Waals surface area contributed by atoms with Crippen LogP contribution in [-0.4, -0.2) is 61.4 Å². The van der Waals surface area contributed by atoms with Gasteiger partial charge in [-0.1, -0.05) is 0 Å². The molecule has 0 fully saturated rings. The van der Waals surface area contributed by atoms with Crippen molar-refractivity contribution in [1.82, 2.24) is 9.97 Å². The van der Waals surface area contributed by atoms with Crippen LogP contribution in [0.5, 0.6) is 5.75 Å². The van der Waals surface area contributed by atoms with E-state index in [1.807, 2.05) is 0 Å². The number of amidine groups is 1. The van der Waals surface area contributed by atoms with Crippen molar-refractivity contribution < 1.29 is 35.7 Å². The Balaban J connectivity index is 1.58. The number of rotatable bonds is 7. The summed E-state index contributed by atoms with van der Waals surface area (Å²) < 4.78 is 88.0. The van der Waals surface area contributed by atoms with Crippen molar-refractivity contribution in [3.63, 3.8) is 0 Å².